The molecular formula is C18H31N7O. The molecule has 2 aromatic rings. The number of amides is 1. The van der Waals surface area contributed by atoms with Crippen LogP contribution in [0.15, 0.2) is 12.1 Å². The van der Waals surface area contributed by atoms with Crippen molar-refractivity contribution in [3.8, 4) is 0 Å². The number of nitrogens with zero attached hydrogens (tertiary/aromatic N) is 6. The lowest BCUT2D eigenvalue weighted by Gasteiger charge is -2.19. The van der Waals surface area contributed by atoms with Crippen LogP contribution in [0.3, 0.4) is 0 Å². The number of carbonyl (C=O) groups excluding carboxylic acids is 1. The Morgan fingerprint density at radius 1 is 1.08 bits per heavy atom. The molecular weight excluding hydrogens is 330 g/mol. The summed E-state index contributed by atoms with van der Waals surface area (Å²) in [7, 11) is 0. The minimum atomic E-state index is 0.0359. The lowest BCUT2D eigenvalue weighted by Crippen LogP contribution is -2.34. The van der Waals surface area contributed by atoms with Crippen LogP contribution in [0.25, 0.3) is 5.65 Å². The zero-order chi connectivity index (χ0) is 18.9. The van der Waals surface area contributed by atoms with E-state index in [9.17, 15) is 4.79 Å². The highest BCUT2D eigenvalue weighted by Crippen LogP contribution is 2.12. The van der Waals surface area contributed by atoms with E-state index in [1.54, 1.807) is 4.52 Å². The molecule has 2 rings (SSSR count). The van der Waals surface area contributed by atoms with Crippen molar-refractivity contribution in [1.29, 1.82) is 0 Å². The van der Waals surface area contributed by atoms with Crippen LogP contribution in [-0.2, 0) is 11.2 Å². The summed E-state index contributed by atoms with van der Waals surface area (Å²) in [6.45, 7) is 13.8. The predicted octanol–water partition coefficient (Wildman–Crippen LogP) is 1.36. The van der Waals surface area contributed by atoms with E-state index in [1.165, 1.54) is 0 Å². The van der Waals surface area contributed by atoms with E-state index in [2.05, 4.69) is 58.1 Å². The van der Waals surface area contributed by atoms with E-state index in [0.29, 0.717) is 30.9 Å². The number of hydrogen-bond donors (Lipinski definition) is 1. The van der Waals surface area contributed by atoms with Gasteiger partial charge in [-0.1, -0.05) is 13.8 Å². The number of aromatic nitrogens is 4. The monoisotopic (exact) mass is 361 g/mol. The van der Waals surface area contributed by atoms with Gasteiger partial charge in [0.15, 0.2) is 11.5 Å². The maximum Gasteiger partial charge on any atom is 0.220 e. The molecule has 0 aromatic carbocycles. The lowest BCUT2D eigenvalue weighted by molar-refractivity contribution is -0.121. The lowest BCUT2D eigenvalue weighted by atomic mass is 10.3. The minimum Gasteiger partial charge on any atom is -0.356 e. The molecule has 0 saturated carbocycles. The number of hydrogen-bond acceptors (Lipinski definition) is 6. The van der Waals surface area contributed by atoms with Crippen LogP contribution in [0, 0.1) is 0 Å². The molecule has 0 radical (unpaired) electrons. The van der Waals surface area contributed by atoms with Gasteiger partial charge in [-0.15, -0.1) is 15.3 Å². The molecule has 8 nitrogen and oxygen atoms in total. The highest BCUT2D eigenvalue weighted by Gasteiger charge is 2.12. The Balaban J connectivity index is 1.93. The molecule has 0 atom stereocenters. The fourth-order valence-electron chi connectivity index (χ4n) is 2.90. The molecule has 0 saturated heterocycles. The van der Waals surface area contributed by atoms with E-state index in [1.807, 2.05) is 12.1 Å². The first-order valence-electron chi connectivity index (χ1n) is 9.58. The predicted molar refractivity (Wildman–Crippen MR) is 103 cm³/mol. The molecule has 1 N–H and O–H groups in total. The number of nitrogens with one attached hydrogen (secondary N) is 1. The average Bonchev–Trinajstić information content (AvgIpc) is 3.07. The number of aryl methyl sites for hydroxylation is 1. The van der Waals surface area contributed by atoms with E-state index in [-0.39, 0.29) is 5.91 Å². The summed E-state index contributed by atoms with van der Waals surface area (Å²) in [4.78, 5) is 16.5. The van der Waals surface area contributed by atoms with Crippen LogP contribution in [0.4, 0.5) is 5.82 Å². The maximum atomic E-state index is 12.1. The fourth-order valence-corrected chi connectivity index (χ4v) is 2.90. The molecule has 2 heterocycles. The molecule has 1 amide bonds. The van der Waals surface area contributed by atoms with Gasteiger partial charge >= 0.3 is 0 Å². The Bertz CT molecular complexity index is 692. The van der Waals surface area contributed by atoms with Crippen LogP contribution >= 0.6 is 0 Å². The third-order valence-electron chi connectivity index (χ3n) is 4.62. The topological polar surface area (TPSA) is 78.7 Å². The zero-order valence-corrected chi connectivity index (χ0v) is 16.4. The second-order valence-corrected chi connectivity index (χ2v) is 6.13. The molecule has 8 heteroatoms. The van der Waals surface area contributed by atoms with Gasteiger partial charge in [-0.25, -0.2) is 0 Å². The number of fused-ring (bicyclic) bond motifs is 1. The van der Waals surface area contributed by atoms with Gasteiger partial charge in [-0.3, -0.25) is 4.79 Å². The van der Waals surface area contributed by atoms with Crippen LogP contribution in [0.5, 0.6) is 0 Å². The summed E-state index contributed by atoms with van der Waals surface area (Å²) in [5.74, 6) is 1.65. The van der Waals surface area contributed by atoms with Gasteiger partial charge in [-0.05, 0) is 39.1 Å². The number of likely N-dealkylation sites (N-methyl/N-ethyl adjacent to an activating group) is 1. The third kappa shape index (κ3) is 5.14. The van der Waals surface area contributed by atoms with Crippen molar-refractivity contribution in [2.75, 3.05) is 44.2 Å². The quantitative estimate of drug-likeness (QED) is 0.651. The van der Waals surface area contributed by atoms with Gasteiger partial charge in [0.2, 0.25) is 5.91 Å². The van der Waals surface area contributed by atoms with Crippen molar-refractivity contribution in [3.05, 3.63) is 18.0 Å². The molecule has 0 spiro atoms. The summed E-state index contributed by atoms with van der Waals surface area (Å²) in [6.07, 6.45) is 0.906. The highest BCUT2D eigenvalue weighted by atomic mass is 16.1. The zero-order valence-electron chi connectivity index (χ0n) is 16.4. The Hall–Kier alpha value is -2.22. The van der Waals surface area contributed by atoms with Gasteiger partial charge in [-0.2, -0.15) is 4.52 Å². The second kappa shape index (κ2) is 10.1. The summed E-state index contributed by atoms with van der Waals surface area (Å²) in [6, 6.07) is 3.88. The van der Waals surface area contributed by atoms with Gasteiger partial charge in [0.05, 0.1) is 0 Å². The Morgan fingerprint density at radius 3 is 2.46 bits per heavy atom. The molecule has 0 aliphatic heterocycles. The Labute approximate surface area is 155 Å². The standard InChI is InChI=1S/C18H31N7O/c1-5-23(6-2)14-13-19-18(26)12-11-16-21-20-15-9-10-17(22-25(15)16)24(7-3)8-4/h9-10H,5-8,11-14H2,1-4H3,(H,19,26). The first-order valence-corrected chi connectivity index (χ1v) is 9.58. The molecule has 2 aromatic heterocycles. The minimum absolute atomic E-state index is 0.0359. The fraction of sp³-hybridized carbons (Fsp3) is 0.667. The number of rotatable bonds is 11. The summed E-state index contributed by atoms with van der Waals surface area (Å²) in [5.41, 5.74) is 0.706. The molecule has 0 unspecified atom stereocenters. The van der Waals surface area contributed by atoms with Crippen molar-refractivity contribution in [1.82, 2.24) is 30.0 Å². The normalized spacial score (nSPS) is 11.3. The molecule has 0 aliphatic carbocycles. The summed E-state index contributed by atoms with van der Waals surface area (Å²) < 4.78 is 1.75. The van der Waals surface area contributed by atoms with Crippen LogP contribution < -0.4 is 10.2 Å². The molecule has 0 fully saturated rings. The molecule has 144 valence electrons. The largest absolute Gasteiger partial charge is 0.356 e. The average molecular weight is 361 g/mol. The van der Waals surface area contributed by atoms with Crippen molar-refractivity contribution < 1.29 is 4.79 Å². The van der Waals surface area contributed by atoms with Crippen molar-refractivity contribution >= 4 is 17.4 Å². The van der Waals surface area contributed by atoms with Gasteiger partial charge in [0, 0.05) is 39.0 Å². The van der Waals surface area contributed by atoms with E-state index in [0.717, 1.165) is 38.5 Å². The van der Waals surface area contributed by atoms with Gasteiger partial charge < -0.3 is 15.1 Å². The van der Waals surface area contributed by atoms with Crippen LogP contribution in [0.1, 0.15) is 39.9 Å². The van der Waals surface area contributed by atoms with Gasteiger partial charge in [0.1, 0.15) is 5.82 Å². The number of anilines is 1. The first-order chi connectivity index (χ1) is 12.6. The summed E-state index contributed by atoms with van der Waals surface area (Å²) in [5, 5.41) is 16.0. The van der Waals surface area contributed by atoms with E-state index < -0.39 is 0 Å². The molecule has 26 heavy (non-hydrogen) atoms. The first kappa shape index (κ1) is 20.1. The Morgan fingerprint density at radius 2 is 1.81 bits per heavy atom. The SMILES string of the molecule is CCN(CC)CCNC(=O)CCc1nnc2ccc(N(CC)CC)nn12. The molecule has 0 bridgehead atoms. The third-order valence-corrected chi connectivity index (χ3v) is 4.62. The van der Waals surface area contributed by atoms with E-state index in [4.69, 9.17) is 0 Å². The van der Waals surface area contributed by atoms with Crippen molar-refractivity contribution in [3.63, 3.8) is 0 Å². The van der Waals surface area contributed by atoms with Crippen LogP contribution in [-0.4, -0.2) is 69.9 Å². The van der Waals surface area contributed by atoms with E-state index >= 15 is 0 Å². The Kier molecular flexibility index (Phi) is 7.77. The highest BCUT2D eigenvalue weighted by molar-refractivity contribution is 5.76. The van der Waals surface area contributed by atoms with Gasteiger partial charge in [0.25, 0.3) is 0 Å². The number of carbonyl (C=O) groups is 1. The maximum absolute atomic E-state index is 12.1. The van der Waals surface area contributed by atoms with Crippen molar-refractivity contribution in [2.45, 2.75) is 40.5 Å². The van der Waals surface area contributed by atoms with Crippen LogP contribution in [0.2, 0.25) is 0 Å². The summed E-state index contributed by atoms with van der Waals surface area (Å²) >= 11 is 0. The van der Waals surface area contributed by atoms with Crippen molar-refractivity contribution in [2.24, 2.45) is 0 Å². The second-order valence-electron chi connectivity index (χ2n) is 6.13. The smallest absolute Gasteiger partial charge is 0.220 e. The molecule has 0 aliphatic rings.